The predicted octanol–water partition coefficient (Wildman–Crippen LogP) is 5.13. The van der Waals surface area contributed by atoms with Crippen LogP contribution in [0.1, 0.15) is 29.2 Å². The van der Waals surface area contributed by atoms with Crippen LogP contribution in [0.3, 0.4) is 0 Å². The van der Waals surface area contributed by atoms with Crippen LogP contribution in [0.2, 0.25) is 10.0 Å². The molecular formula is C22H19Cl2NO5. The van der Waals surface area contributed by atoms with Gasteiger partial charge in [-0.15, -0.1) is 0 Å². The van der Waals surface area contributed by atoms with Crippen LogP contribution >= 0.6 is 23.2 Å². The molecule has 0 bridgehead atoms. The van der Waals surface area contributed by atoms with E-state index >= 15 is 0 Å². The molecule has 156 valence electrons. The fourth-order valence-electron chi connectivity index (χ4n) is 3.12. The number of aromatic hydroxyl groups is 1. The first kappa shape index (κ1) is 21.7. The van der Waals surface area contributed by atoms with E-state index in [9.17, 15) is 14.7 Å². The van der Waals surface area contributed by atoms with Gasteiger partial charge in [-0.1, -0.05) is 35.3 Å². The van der Waals surface area contributed by atoms with Gasteiger partial charge in [0.15, 0.2) is 0 Å². The SMILES string of the molecule is COc1ccc([C@H](CC(=O)Nc2ccc(Cl)c(Cl)c2)c2c(O)cc(C)oc2=O)cc1. The van der Waals surface area contributed by atoms with E-state index in [0.29, 0.717) is 27.0 Å². The van der Waals surface area contributed by atoms with Crippen LogP contribution in [-0.4, -0.2) is 18.1 Å². The van der Waals surface area contributed by atoms with Gasteiger partial charge in [-0.2, -0.15) is 0 Å². The van der Waals surface area contributed by atoms with Crippen LogP contribution in [0.15, 0.2) is 57.7 Å². The third-order valence-corrected chi connectivity index (χ3v) is 5.29. The van der Waals surface area contributed by atoms with Gasteiger partial charge in [-0.3, -0.25) is 4.79 Å². The lowest BCUT2D eigenvalue weighted by Gasteiger charge is -2.18. The zero-order valence-electron chi connectivity index (χ0n) is 16.2. The van der Waals surface area contributed by atoms with Crippen molar-refractivity contribution in [3.05, 3.63) is 85.9 Å². The molecule has 3 aromatic rings. The number of nitrogens with one attached hydrogen (secondary N) is 1. The van der Waals surface area contributed by atoms with Gasteiger partial charge in [0.2, 0.25) is 5.91 Å². The fraction of sp³-hybridized carbons (Fsp3) is 0.182. The van der Waals surface area contributed by atoms with Crippen LogP contribution in [0.5, 0.6) is 11.5 Å². The third-order valence-electron chi connectivity index (χ3n) is 4.55. The lowest BCUT2D eigenvalue weighted by atomic mass is 9.88. The highest BCUT2D eigenvalue weighted by Gasteiger charge is 2.26. The van der Waals surface area contributed by atoms with E-state index in [-0.39, 0.29) is 29.4 Å². The Balaban J connectivity index is 1.95. The summed E-state index contributed by atoms with van der Waals surface area (Å²) < 4.78 is 10.3. The fourth-order valence-corrected chi connectivity index (χ4v) is 3.42. The van der Waals surface area contributed by atoms with E-state index in [1.165, 1.54) is 19.2 Å². The van der Waals surface area contributed by atoms with Crippen molar-refractivity contribution < 1.29 is 19.1 Å². The third kappa shape index (κ3) is 4.96. The molecule has 1 amide bonds. The molecule has 0 aliphatic heterocycles. The van der Waals surface area contributed by atoms with Crippen molar-refractivity contribution in [1.82, 2.24) is 0 Å². The van der Waals surface area contributed by atoms with Crippen LogP contribution in [-0.2, 0) is 4.79 Å². The minimum atomic E-state index is -0.740. The number of amides is 1. The molecule has 0 aliphatic rings. The molecule has 0 saturated carbocycles. The van der Waals surface area contributed by atoms with Crippen molar-refractivity contribution in [2.24, 2.45) is 0 Å². The molecule has 8 heteroatoms. The number of anilines is 1. The maximum absolute atomic E-state index is 12.8. The number of carbonyl (C=O) groups excluding carboxylic acids is 1. The Kier molecular flexibility index (Phi) is 6.70. The average molecular weight is 448 g/mol. The van der Waals surface area contributed by atoms with Crippen molar-refractivity contribution in [1.29, 1.82) is 0 Å². The van der Waals surface area contributed by atoms with Gasteiger partial charge in [0.05, 0.1) is 22.7 Å². The number of carbonyl (C=O) groups is 1. The molecule has 6 nitrogen and oxygen atoms in total. The molecule has 0 radical (unpaired) electrons. The molecule has 2 N–H and O–H groups in total. The Hall–Kier alpha value is -2.96. The van der Waals surface area contributed by atoms with Crippen LogP contribution in [0.4, 0.5) is 5.69 Å². The highest BCUT2D eigenvalue weighted by Crippen LogP contribution is 2.33. The molecule has 0 saturated heterocycles. The van der Waals surface area contributed by atoms with Crippen molar-refractivity contribution in [2.75, 3.05) is 12.4 Å². The predicted molar refractivity (Wildman–Crippen MR) is 116 cm³/mol. The number of aryl methyl sites for hydroxylation is 1. The van der Waals surface area contributed by atoms with Crippen molar-refractivity contribution in [2.45, 2.75) is 19.3 Å². The highest BCUT2D eigenvalue weighted by atomic mass is 35.5. The number of halogens is 2. The maximum Gasteiger partial charge on any atom is 0.343 e. The number of methoxy groups -OCH3 is 1. The summed E-state index contributed by atoms with van der Waals surface area (Å²) >= 11 is 11.9. The summed E-state index contributed by atoms with van der Waals surface area (Å²) in [7, 11) is 1.54. The number of rotatable bonds is 6. The standard InChI is InChI=1S/C22H19Cl2NO5/c1-12-9-19(26)21(22(28)30-12)16(13-3-6-15(29-2)7-4-13)11-20(27)25-14-5-8-17(23)18(24)10-14/h3-10,16,26H,11H2,1-2H3,(H,25,27)/t16-/m0/s1. The van der Waals surface area contributed by atoms with Crippen LogP contribution < -0.4 is 15.7 Å². The van der Waals surface area contributed by atoms with E-state index in [1.807, 2.05) is 0 Å². The van der Waals surface area contributed by atoms with E-state index < -0.39 is 11.5 Å². The summed E-state index contributed by atoms with van der Waals surface area (Å²) in [6.07, 6.45) is -0.117. The summed E-state index contributed by atoms with van der Waals surface area (Å²) in [6, 6.07) is 13.0. The van der Waals surface area contributed by atoms with Crippen molar-refractivity contribution >= 4 is 34.8 Å². The van der Waals surface area contributed by atoms with Gasteiger partial charge in [0, 0.05) is 24.1 Å². The molecule has 0 aliphatic carbocycles. The smallest absolute Gasteiger partial charge is 0.343 e. The molecule has 1 aromatic heterocycles. The van der Waals surface area contributed by atoms with Gasteiger partial charge >= 0.3 is 5.63 Å². The number of benzene rings is 2. The number of hydrogen-bond donors (Lipinski definition) is 2. The highest BCUT2D eigenvalue weighted by molar-refractivity contribution is 6.42. The molecule has 1 heterocycles. The first-order valence-corrected chi connectivity index (χ1v) is 9.76. The Morgan fingerprint density at radius 2 is 1.83 bits per heavy atom. The Morgan fingerprint density at radius 1 is 1.13 bits per heavy atom. The second-order valence-corrected chi connectivity index (χ2v) is 7.46. The van der Waals surface area contributed by atoms with Crippen molar-refractivity contribution in [3.8, 4) is 11.5 Å². The van der Waals surface area contributed by atoms with Gasteiger partial charge < -0.3 is 19.6 Å². The molecule has 3 rings (SSSR count). The van der Waals surface area contributed by atoms with Crippen LogP contribution in [0, 0.1) is 6.92 Å². The second kappa shape index (κ2) is 9.24. The van der Waals surface area contributed by atoms with Gasteiger partial charge in [-0.25, -0.2) is 4.79 Å². The maximum atomic E-state index is 12.8. The molecule has 0 spiro atoms. The molecule has 1 atom stereocenters. The molecule has 2 aromatic carbocycles. The van der Waals surface area contributed by atoms with E-state index in [4.69, 9.17) is 32.4 Å². The van der Waals surface area contributed by atoms with Crippen LogP contribution in [0.25, 0.3) is 0 Å². The summed E-state index contributed by atoms with van der Waals surface area (Å²) in [5.41, 5.74) is 0.417. The minimum Gasteiger partial charge on any atom is -0.507 e. The van der Waals surface area contributed by atoms with Gasteiger partial charge in [-0.05, 0) is 42.8 Å². The molecule has 0 fully saturated rings. The van der Waals surface area contributed by atoms with Gasteiger partial charge in [0.25, 0.3) is 0 Å². The van der Waals surface area contributed by atoms with Crippen molar-refractivity contribution in [3.63, 3.8) is 0 Å². The quantitative estimate of drug-likeness (QED) is 0.546. The van der Waals surface area contributed by atoms with E-state index in [1.54, 1.807) is 43.3 Å². The normalized spacial score (nSPS) is 11.7. The minimum absolute atomic E-state index is 0.00931. The summed E-state index contributed by atoms with van der Waals surface area (Å²) in [4.78, 5) is 25.3. The largest absolute Gasteiger partial charge is 0.507 e. The summed E-state index contributed by atoms with van der Waals surface area (Å²) in [5, 5.41) is 13.8. The Bertz CT molecular complexity index is 1130. The average Bonchev–Trinajstić information content (AvgIpc) is 2.69. The zero-order chi connectivity index (χ0) is 21.8. The summed E-state index contributed by atoms with van der Waals surface area (Å²) in [5.74, 6) is -0.455. The summed E-state index contributed by atoms with van der Waals surface area (Å²) in [6.45, 7) is 1.56. The molecular weight excluding hydrogens is 429 g/mol. The lowest BCUT2D eigenvalue weighted by Crippen LogP contribution is -2.21. The first-order valence-electron chi connectivity index (χ1n) is 9.01. The van der Waals surface area contributed by atoms with E-state index in [2.05, 4.69) is 5.32 Å². The number of ether oxygens (including phenoxy) is 1. The Labute approximate surface area is 183 Å². The molecule has 30 heavy (non-hydrogen) atoms. The first-order chi connectivity index (χ1) is 14.3. The monoisotopic (exact) mass is 447 g/mol. The topological polar surface area (TPSA) is 88.8 Å². The molecule has 0 unspecified atom stereocenters. The number of hydrogen-bond acceptors (Lipinski definition) is 5. The van der Waals surface area contributed by atoms with Gasteiger partial charge in [0.1, 0.15) is 17.3 Å². The zero-order valence-corrected chi connectivity index (χ0v) is 17.8. The lowest BCUT2D eigenvalue weighted by molar-refractivity contribution is -0.116. The second-order valence-electron chi connectivity index (χ2n) is 6.65. The van der Waals surface area contributed by atoms with E-state index in [0.717, 1.165) is 0 Å². The Morgan fingerprint density at radius 3 is 2.43 bits per heavy atom.